The maximum atomic E-state index is 12.3. The molecule has 3 rings (SSSR count). The second-order valence-electron chi connectivity index (χ2n) is 5.21. The number of aliphatic hydroxyl groups is 1. The number of aliphatic hydroxyl groups excluding tert-OH is 1. The quantitative estimate of drug-likeness (QED) is 0.940. The standard InChI is InChI=1S/C15H16ClN3O2/c16-14-4-2-1-3-11(14)8-19-9-12(7-17-19)15(21)18-6-5-13(20)10-18/h1-4,7,9,13,20H,5-6,8,10H2/t13-/m1/s1. The SMILES string of the molecule is O=C(c1cnn(Cc2ccccc2Cl)c1)N1CC[C@@H](O)C1. The van der Waals surface area contributed by atoms with Crippen LogP contribution in [0.25, 0.3) is 0 Å². The molecule has 1 N–H and O–H groups in total. The normalized spacial score (nSPS) is 18.2. The number of rotatable bonds is 3. The highest BCUT2D eigenvalue weighted by Crippen LogP contribution is 2.17. The number of β-amino-alcohol motifs (C(OH)–C–C–N with tert-alkyl or cyclic N) is 1. The summed E-state index contributed by atoms with van der Waals surface area (Å²) in [6.45, 7) is 1.51. The van der Waals surface area contributed by atoms with Crippen LogP contribution in [0.3, 0.4) is 0 Å². The van der Waals surface area contributed by atoms with Crippen molar-refractivity contribution in [3.05, 3.63) is 52.8 Å². The molecule has 1 amide bonds. The van der Waals surface area contributed by atoms with E-state index in [1.807, 2.05) is 24.3 Å². The Morgan fingerprint density at radius 2 is 2.24 bits per heavy atom. The summed E-state index contributed by atoms with van der Waals surface area (Å²) in [5.74, 6) is -0.0861. The van der Waals surface area contributed by atoms with E-state index >= 15 is 0 Å². The number of carbonyl (C=O) groups is 1. The van der Waals surface area contributed by atoms with Crippen molar-refractivity contribution in [1.29, 1.82) is 0 Å². The van der Waals surface area contributed by atoms with Gasteiger partial charge in [-0.05, 0) is 18.1 Å². The molecule has 1 atom stereocenters. The van der Waals surface area contributed by atoms with Gasteiger partial charge in [-0.2, -0.15) is 5.10 Å². The average molecular weight is 306 g/mol. The summed E-state index contributed by atoms with van der Waals surface area (Å²) >= 11 is 6.12. The molecule has 0 radical (unpaired) electrons. The molecule has 21 heavy (non-hydrogen) atoms. The molecule has 0 bridgehead atoms. The maximum Gasteiger partial charge on any atom is 0.257 e. The minimum atomic E-state index is -0.410. The van der Waals surface area contributed by atoms with Gasteiger partial charge in [0.2, 0.25) is 0 Å². The van der Waals surface area contributed by atoms with E-state index in [9.17, 15) is 9.90 Å². The topological polar surface area (TPSA) is 58.4 Å². The first-order valence-electron chi connectivity index (χ1n) is 6.86. The number of carbonyl (C=O) groups excluding carboxylic acids is 1. The van der Waals surface area contributed by atoms with Crippen LogP contribution in [0.15, 0.2) is 36.7 Å². The summed E-state index contributed by atoms with van der Waals surface area (Å²) < 4.78 is 1.70. The molecule has 2 heterocycles. The van der Waals surface area contributed by atoms with Crippen molar-refractivity contribution in [2.75, 3.05) is 13.1 Å². The third-order valence-electron chi connectivity index (χ3n) is 3.62. The van der Waals surface area contributed by atoms with Gasteiger partial charge in [0.15, 0.2) is 0 Å². The van der Waals surface area contributed by atoms with E-state index in [2.05, 4.69) is 5.10 Å². The van der Waals surface area contributed by atoms with Crippen molar-refractivity contribution in [2.45, 2.75) is 19.1 Å². The molecule has 0 spiro atoms. The lowest BCUT2D eigenvalue weighted by atomic mass is 10.2. The van der Waals surface area contributed by atoms with Gasteiger partial charge in [-0.3, -0.25) is 9.48 Å². The molecule has 2 aromatic rings. The lowest BCUT2D eigenvalue weighted by Crippen LogP contribution is -2.29. The Kier molecular flexibility index (Phi) is 3.94. The lowest BCUT2D eigenvalue weighted by Gasteiger charge is -2.13. The Bertz CT molecular complexity index is 656. The second-order valence-corrected chi connectivity index (χ2v) is 5.62. The first-order chi connectivity index (χ1) is 10.1. The van der Waals surface area contributed by atoms with E-state index in [1.54, 1.807) is 22.0 Å². The van der Waals surface area contributed by atoms with Gasteiger partial charge in [-0.15, -0.1) is 0 Å². The lowest BCUT2D eigenvalue weighted by molar-refractivity contribution is 0.0765. The van der Waals surface area contributed by atoms with Gasteiger partial charge in [0, 0.05) is 24.3 Å². The van der Waals surface area contributed by atoms with E-state index in [0.29, 0.717) is 36.6 Å². The minimum absolute atomic E-state index is 0.0861. The number of hydrogen-bond acceptors (Lipinski definition) is 3. The number of hydrogen-bond donors (Lipinski definition) is 1. The van der Waals surface area contributed by atoms with Gasteiger partial charge in [-0.1, -0.05) is 29.8 Å². The predicted molar refractivity (Wildman–Crippen MR) is 79.3 cm³/mol. The van der Waals surface area contributed by atoms with Crippen LogP contribution >= 0.6 is 11.6 Å². The van der Waals surface area contributed by atoms with Crippen LogP contribution in [0, 0.1) is 0 Å². The van der Waals surface area contributed by atoms with Crippen molar-refractivity contribution in [1.82, 2.24) is 14.7 Å². The van der Waals surface area contributed by atoms with Crippen LogP contribution in [0.5, 0.6) is 0 Å². The molecule has 1 aliphatic rings. The summed E-state index contributed by atoms with van der Waals surface area (Å²) in [5.41, 5.74) is 1.49. The minimum Gasteiger partial charge on any atom is -0.391 e. The highest BCUT2D eigenvalue weighted by atomic mass is 35.5. The number of benzene rings is 1. The fraction of sp³-hybridized carbons (Fsp3) is 0.333. The fourth-order valence-corrected chi connectivity index (χ4v) is 2.67. The van der Waals surface area contributed by atoms with Crippen LogP contribution < -0.4 is 0 Å². The first-order valence-corrected chi connectivity index (χ1v) is 7.24. The number of nitrogens with zero attached hydrogens (tertiary/aromatic N) is 3. The zero-order valence-electron chi connectivity index (χ0n) is 11.4. The van der Waals surface area contributed by atoms with Crippen LogP contribution in [0.1, 0.15) is 22.3 Å². The molecule has 110 valence electrons. The third-order valence-corrected chi connectivity index (χ3v) is 3.99. The number of aromatic nitrogens is 2. The van der Waals surface area contributed by atoms with Gasteiger partial charge in [-0.25, -0.2) is 0 Å². The van der Waals surface area contributed by atoms with E-state index < -0.39 is 6.10 Å². The molecule has 0 aliphatic carbocycles. The Morgan fingerprint density at radius 1 is 1.43 bits per heavy atom. The molecular weight excluding hydrogens is 290 g/mol. The zero-order valence-corrected chi connectivity index (χ0v) is 12.2. The first kappa shape index (κ1) is 14.1. The van der Waals surface area contributed by atoms with E-state index in [0.717, 1.165) is 5.56 Å². The largest absolute Gasteiger partial charge is 0.391 e. The number of likely N-dealkylation sites (tertiary alicyclic amines) is 1. The zero-order chi connectivity index (χ0) is 14.8. The molecule has 0 unspecified atom stereocenters. The summed E-state index contributed by atoms with van der Waals surface area (Å²) in [6, 6.07) is 7.56. The molecule has 1 aromatic heterocycles. The van der Waals surface area contributed by atoms with Gasteiger partial charge in [0.05, 0.1) is 24.4 Å². The molecule has 1 aromatic carbocycles. The van der Waals surface area contributed by atoms with Crippen LogP contribution in [0.2, 0.25) is 5.02 Å². The van der Waals surface area contributed by atoms with E-state index in [4.69, 9.17) is 11.6 Å². The summed E-state index contributed by atoms with van der Waals surface area (Å²) in [7, 11) is 0. The van der Waals surface area contributed by atoms with Gasteiger partial charge in [0.25, 0.3) is 5.91 Å². The van der Waals surface area contributed by atoms with Gasteiger partial charge in [0.1, 0.15) is 0 Å². The van der Waals surface area contributed by atoms with Crippen molar-refractivity contribution in [2.24, 2.45) is 0 Å². The van der Waals surface area contributed by atoms with E-state index in [-0.39, 0.29) is 5.91 Å². The summed E-state index contributed by atoms with van der Waals surface area (Å²) in [6.07, 6.45) is 3.51. The molecule has 6 heteroatoms. The summed E-state index contributed by atoms with van der Waals surface area (Å²) in [4.78, 5) is 13.9. The molecule has 1 saturated heterocycles. The average Bonchev–Trinajstić information content (AvgIpc) is 3.10. The van der Waals surface area contributed by atoms with Crippen molar-refractivity contribution in [3.63, 3.8) is 0 Å². The maximum absolute atomic E-state index is 12.3. The Hall–Kier alpha value is -1.85. The predicted octanol–water partition coefficient (Wildman–Crippen LogP) is 1.79. The Balaban J connectivity index is 1.72. The van der Waals surface area contributed by atoms with Crippen molar-refractivity contribution in [3.8, 4) is 0 Å². The Morgan fingerprint density at radius 3 is 2.95 bits per heavy atom. The smallest absolute Gasteiger partial charge is 0.257 e. The molecule has 5 nitrogen and oxygen atoms in total. The van der Waals surface area contributed by atoms with E-state index in [1.165, 1.54) is 0 Å². The summed E-state index contributed by atoms with van der Waals surface area (Å²) in [5, 5.41) is 14.4. The Labute approximate surface area is 127 Å². The highest BCUT2D eigenvalue weighted by Gasteiger charge is 2.26. The monoisotopic (exact) mass is 305 g/mol. The van der Waals surface area contributed by atoms with Gasteiger partial charge >= 0.3 is 0 Å². The number of amides is 1. The highest BCUT2D eigenvalue weighted by molar-refractivity contribution is 6.31. The molecule has 1 aliphatic heterocycles. The fourth-order valence-electron chi connectivity index (χ4n) is 2.47. The van der Waals surface area contributed by atoms with Crippen LogP contribution in [-0.4, -0.2) is 44.9 Å². The van der Waals surface area contributed by atoms with Crippen LogP contribution in [0.4, 0.5) is 0 Å². The van der Waals surface area contributed by atoms with Crippen molar-refractivity contribution >= 4 is 17.5 Å². The van der Waals surface area contributed by atoms with Crippen molar-refractivity contribution < 1.29 is 9.90 Å². The van der Waals surface area contributed by atoms with Crippen LogP contribution in [-0.2, 0) is 6.54 Å². The molecule has 0 saturated carbocycles. The third kappa shape index (κ3) is 3.09. The molecule has 1 fully saturated rings. The number of halogens is 1. The van der Waals surface area contributed by atoms with Gasteiger partial charge < -0.3 is 10.0 Å². The second kappa shape index (κ2) is 5.87. The molecular formula is C15H16ClN3O2.